The Morgan fingerprint density at radius 3 is 1.50 bits per heavy atom. The largest absolute Gasteiger partial charge is 0.505 e. The molecule has 0 saturated heterocycles. The molecule has 0 radical (unpaired) electrons. The summed E-state index contributed by atoms with van der Waals surface area (Å²) in [5, 5.41) is 10.2. The molecule has 0 unspecified atom stereocenters. The number of ether oxygens (including phenoxy) is 2. The fourth-order valence-electron chi connectivity index (χ4n) is 3.27. The number of phenolic OH excluding ortho intramolecular Hbond substituents is 1. The molecule has 0 atom stereocenters. The second-order valence-electron chi connectivity index (χ2n) is 6.34. The van der Waals surface area contributed by atoms with Gasteiger partial charge < -0.3 is 14.6 Å². The number of fused-ring (bicyclic) bond motifs is 1. The number of hydrogen-bond donors (Lipinski definition) is 1. The Bertz CT molecular complexity index is 1210. The van der Waals surface area contributed by atoms with Crippen molar-refractivity contribution in [1.82, 2.24) is 9.13 Å². The van der Waals surface area contributed by atoms with Crippen molar-refractivity contribution in [1.29, 1.82) is 0 Å². The van der Waals surface area contributed by atoms with E-state index in [1.165, 1.54) is 9.13 Å². The minimum absolute atomic E-state index is 0.00810. The van der Waals surface area contributed by atoms with Crippen LogP contribution in [0.5, 0.6) is 17.2 Å². The van der Waals surface area contributed by atoms with E-state index in [9.17, 15) is 9.90 Å². The van der Waals surface area contributed by atoms with Crippen molar-refractivity contribution in [2.24, 2.45) is 0 Å². The van der Waals surface area contributed by atoms with E-state index >= 15 is 0 Å². The maximum absolute atomic E-state index is 13.5. The Morgan fingerprint density at radius 2 is 1.10 bits per heavy atom. The molecule has 0 aliphatic heterocycles. The number of hydrogen-bond acceptors (Lipinski definition) is 4. The SMILES string of the molecule is COc1ccc(-n2c(=O)n(-c3ccc(OC)cc3)c3c(Cl)c(Cl)c(O)c(Cl)c32)cc1. The maximum atomic E-state index is 13.5. The van der Waals surface area contributed by atoms with Crippen LogP contribution in [0, 0.1) is 0 Å². The standard InChI is InChI=1S/C21H15Cl3N2O4/c1-29-13-7-3-11(4-8-13)25-18-15(22)16(23)20(27)17(24)19(18)26(21(25)28)12-5-9-14(30-2)10-6-12/h3-10,27H,1-2H3. The lowest BCUT2D eigenvalue weighted by Crippen LogP contribution is -2.22. The number of phenols is 1. The molecule has 154 valence electrons. The first-order chi connectivity index (χ1) is 14.4. The normalized spacial score (nSPS) is 11.1. The molecule has 0 amide bonds. The highest BCUT2D eigenvalue weighted by Crippen LogP contribution is 2.45. The summed E-state index contributed by atoms with van der Waals surface area (Å²) in [7, 11) is 3.10. The zero-order valence-corrected chi connectivity index (χ0v) is 18.1. The van der Waals surface area contributed by atoms with Crippen LogP contribution in [0.4, 0.5) is 0 Å². The fraction of sp³-hybridized carbons (Fsp3) is 0.0952. The van der Waals surface area contributed by atoms with Gasteiger partial charge in [-0.05, 0) is 48.5 Å². The smallest absolute Gasteiger partial charge is 0.338 e. The molecule has 4 rings (SSSR count). The Kier molecular flexibility index (Phi) is 5.32. The van der Waals surface area contributed by atoms with Gasteiger partial charge in [0.1, 0.15) is 21.5 Å². The minimum Gasteiger partial charge on any atom is -0.505 e. The monoisotopic (exact) mass is 464 g/mol. The van der Waals surface area contributed by atoms with Gasteiger partial charge in [0, 0.05) is 0 Å². The molecule has 0 saturated carbocycles. The van der Waals surface area contributed by atoms with E-state index in [2.05, 4.69) is 0 Å². The summed E-state index contributed by atoms with van der Waals surface area (Å²) in [6.45, 7) is 0. The molecule has 0 fully saturated rings. The van der Waals surface area contributed by atoms with Crippen molar-refractivity contribution in [3.8, 4) is 28.6 Å². The van der Waals surface area contributed by atoms with Gasteiger partial charge in [0.2, 0.25) is 0 Å². The van der Waals surface area contributed by atoms with Crippen LogP contribution < -0.4 is 15.2 Å². The lowest BCUT2D eigenvalue weighted by Gasteiger charge is -2.10. The Hall–Kier alpha value is -2.80. The molecular formula is C21H15Cl3N2O4. The highest BCUT2D eigenvalue weighted by Gasteiger charge is 2.26. The van der Waals surface area contributed by atoms with Gasteiger partial charge in [0.05, 0.1) is 41.7 Å². The highest BCUT2D eigenvalue weighted by atomic mass is 35.5. The van der Waals surface area contributed by atoms with Crippen LogP contribution in [-0.4, -0.2) is 28.5 Å². The molecule has 4 aromatic rings. The molecule has 0 aliphatic carbocycles. The van der Waals surface area contributed by atoms with Crippen molar-refractivity contribution in [3.63, 3.8) is 0 Å². The molecule has 3 aromatic carbocycles. The Balaban J connectivity index is 2.14. The third kappa shape index (κ3) is 3.08. The molecule has 1 heterocycles. The van der Waals surface area contributed by atoms with E-state index in [-0.39, 0.29) is 26.1 Å². The number of rotatable bonds is 4. The predicted molar refractivity (Wildman–Crippen MR) is 119 cm³/mol. The van der Waals surface area contributed by atoms with Crippen LogP contribution >= 0.6 is 34.8 Å². The van der Waals surface area contributed by atoms with Gasteiger partial charge in [-0.15, -0.1) is 0 Å². The first-order valence-electron chi connectivity index (χ1n) is 8.70. The van der Waals surface area contributed by atoms with Crippen molar-refractivity contribution in [2.45, 2.75) is 0 Å². The number of halogens is 3. The van der Waals surface area contributed by atoms with Gasteiger partial charge >= 0.3 is 5.69 Å². The van der Waals surface area contributed by atoms with Crippen molar-refractivity contribution in [2.75, 3.05) is 14.2 Å². The van der Waals surface area contributed by atoms with E-state index < -0.39 is 11.4 Å². The van der Waals surface area contributed by atoms with Gasteiger partial charge in [-0.3, -0.25) is 9.13 Å². The van der Waals surface area contributed by atoms with Gasteiger partial charge in [0.25, 0.3) is 0 Å². The summed E-state index contributed by atoms with van der Waals surface area (Å²) in [6, 6.07) is 13.7. The number of aromatic nitrogens is 2. The molecule has 9 heteroatoms. The molecule has 0 bridgehead atoms. The zero-order valence-electron chi connectivity index (χ0n) is 15.8. The number of imidazole rings is 1. The predicted octanol–water partition coefficient (Wildman–Crippen LogP) is 5.46. The van der Waals surface area contributed by atoms with E-state index in [4.69, 9.17) is 44.3 Å². The third-order valence-corrected chi connectivity index (χ3v) is 5.93. The second kappa shape index (κ2) is 7.80. The van der Waals surface area contributed by atoms with Gasteiger partial charge in [-0.25, -0.2) is 4.79 Å². The average molecular weight is 466 g/mol. The topological polar surface area (TPSA) is 65.6 Å². The third-order valence-electron chi connectivity index (χ3n) is 4.74. The van der Waals surface area contributed by atoms with Crippen LogP contribution in [0.2, 0.25) is 15.1 Å². The number of aromatic hydroxyl groups is 1. The van der Waals surface area contributed by atoms with Crippen LogP contribution in [0.1, 0.15) is 0 Å². The van der Waals surface area contributed by atoms with E-state index in [1.54, 1.807) is 62.8 Å². The van der Waals surface area contributed by atoms with Gasteiger partial charge in [0.15, 0.2) is 5.75 Å². The summed E-state index contributed by atoms with van der Waals surface area (Å²) >= 11 is 19.1. The molecule has 30 heavy (non-hydrogen) atoms. The molecular weight excluding hydrogens is 451 g/mol. The lowest BCUT2D eigenvalue weighted by molar-refractivity contribution is 0.414. The summed E-state index contributed by atoms with van der Waals surface area (Å²) in [5.41, 5.74) is 1.10. The van der Waals surface area contributed by atoms with Gasteiger partial charge in [-0.2, -0.15) is 0 Å². The number of benzene rings is 3. The van der Waals surface area contributed by atoms with Crippen LogP contribution in [-0.2, 0) is 0 Å². The second-order valence-corrected chi connectivity index (χ2v) is 7.47. The van der Waals surface area contributed by atoms with E-state index in [0.29, 0.717) is 22.9 Å². The first kappa shape index (κ1) is 20.5. The molecule has 0 spiro atoms. The maximum Gasteiger partial charge on any atom is 0.338 e. The van der Waals surface area contributed by atoms with Crippen molar-refractivity contribution >= 4 is 45.8 Å². The minimum atomic E-state index is -0.439. The summed E-state index contributed by atoms with van der Waals surface area (Å²) in [5.74, 6) is 0.858. The van der Waals surface area contributed by atoms with E-state index in [1.807, 2.05) is 0 Å². The number of nitrogens with zero attached hydrogens (tertiary/aromatic N) is 2. The molecule has 6 nitrogen and oxygen atoms in total. The summed E-state index contributed by atoms with van der Waals surface area (Å²) in [6.07, 6.45) is 0. The van der Waals surface area contributed by atoms with Gasteiger partial charge in [-0.1, -0.05) is 34.8 Å². The molecule has 0 aliphatic rings. The van der Waals surface area contributed by atoms with E-state index in [0.717, 1.165) is 0 Å². The quantitative estimate of drug-likeness (QED) is 0.406. The number of methoxy groups -OCH3 is 2. The average Bonchev–Trinajstić information content (AvgIpc) is 3.09. The van der Waals surface area contributed by atoms with Crippen molar-refractivity contribution in [3.05, 3.63) is 74.1 Å². The molecule has 1 N–H and O–H groups in total. The molecule has 1 aromatic heterocycles. The van der Waals surface area contributed by atoms with Crippen LogP contribution in [0.3, 0.4) is 0 Å². The van der Waals surface area contributed by atoms with Crippen LogP contribution in [0.15, 0.2) is 53.3 Å². The van der Waals surface area contributed by atoms with Crippen molar-refractivity contribution < 1.29 is 14.6 Å². The lowest BCUT2D eigenvalue weighted by atomic mass is 10.2. The fourth-order valence-corrected chi connectivity index (χ4v) is 4.03. The van der Waals surface area contributed by atoms with Crippen LogP contribution in [0.25, 0.3) is 22.4 Å². The zero-order chi connectivity index (χ0) is 21.6. The highest BCUT2D eigenvalue weighted by molar-refractivity contribution is 6.49. The Labute approximate surface area is 186 Å². The summed E-state index contributed by atoms with van der Waals surface area (Å²) in [4.78, 5) is 13.5. The Morgan fingerprint density at radius 1 is 0.700 bits per heavy atom. The first-order valence-corrected chi connectivity index (χ1v) is 9.84. The summed E-state index contributed by atoms with van der Waals surface area (Å²) < 4.78 is 13.1.